The summed E-state index contributed by atoms with van der Waals surface area (Å²) in [6.45, 7) is 2.79. The normalized spacial score (nSPS) is 17.6. The van der Waals surface area contributed by atoms with Crippen LogP contribution in [0.2, 0.25) is 0 Å². The first-order valence-electron chi connectivity index (χ1n) is 9.23. The molecule has 1 fully saturated rings. The lowest BCUT2D eigenvalue weighted by Crippen LogP contribution is -2.41. The van der Waals surface area contributed by atoms with Crippen molar-refractivity contribution in [3.8, 4) is 11.3 Å². The van der Waals surface area contributed by atoms with E-state index >= 15 is 0 Å². The van der Waals surface area contributed by atoms with Crippen LogP contribution in [0.3, 0.4) is 0 Å². The number of nitrogens with one attached hydrogen (secondary N) is 1. The van der Waals surface area contributed by atoms with Gasteiger partial charge in [-0.25, -0.2) is 14.4 Å². The van der Waals surface area contributed by atoms with Crippen molar-refractivity contribution in [3.05, 3.63) is 72.4 Å². The minimum Gasteiger partial charge on any atom is -0.350 e. The molecule has 0 bridgehead atoms. The smallest absolute Gasteiger partial charge is 0.223 e. The number of aromatic nitrogens is 3. The molecule has 1 aliphatic heterocycles. The van der Waals surface area contributed by atoms with E-state index in [2.05, 4.69) is 25.2 Å². The van der Waals surface area contributed by atoms with Crippen LogP contribution >= 0.6 is 0 Å². The number of pyridine rings is 1. The molecule has 0 radical (unpaired) electrons. The maximum Gasteiger partial charge on any atom is 0.223 e. The topological polar surface area (TPSA) is 53.9 Å². The molecule has 4 rings (SSSR count). The lowest BCUT2D eigenvalue weighted by molar-refractivity contribution is 0.208. The Balaban J connectivity index is 1.40. The molecule has 1 N–H and O–H groups in total. The summed E-state index contributed by atoms with van der Waals surface area (Å²) in [5.41, 5.74) is 2.97. The molecule has 1 aliphatic rings. The Morgan fingerprint density at radius 1 is 1.11 bits per heavy atom. The zero-order valence-corrected chi connectivity index (χ0v) is 15.1. The van der Waals surface area contributed by atoms with Crippen molar-refractivity contribution < 1.29 is 4.39 Å². The number of piperidine rings is 1. The van der Waals surface area contributed by atoms with Crippen LogP contribution in [0.4, 0.5) is 10.3 Å². The third-order valence-electron chi connectivity index (χ3n) is 4.77. The third-order valence-corrected chi connectivity index (χ3v) is 4.77. The van der Waals surface area contributed by atoms with Crippen molar-refractivity contribution >= 4 is 5.95 Å². The summed E-state index contributed by atoms with van der Waals surface area (Å²) in [6.07, 6.45) is 7.52. The van der Waals surface area contributed by atoms with Crippen LogP contribution in [0.5, 0.6) is 0 Å². The first-order chi connectivity index (χ1) is 13.3. The van der Waals surface area contributed by atoms with Gasteiger partial charge >= 0.3 is 0 Å². The molecule has 1 saturated heterocycles. The number of likely N-dealkylation sites (tertiary alicyclic amines) is 1. The summed E-state index contributed by atoms with van der Waals surface area (Å²) in [5.74, 6) is 0.451. The van der Waals surface area contributed by atoms with Gasteiger partial charge < -0.3 is 5.32 Å². The molecule has 3 heterocycles. The average molecular weight is 363 g/mol. The predicted octanol–water partition coefficient (Wildman–Crippen LogP) is 3.75. The number of anilines is 1. The van der Waals surface area contributed by atoms with Crippen LogP contribution in [-0.2, 0) is 6.54 Å². The molecule has 1 unspecified atom stereocenters. The van der Waals surface area contributed by atoms with Crippen molar-refractivity contribution in [2.45, 2.75) is 25.4 Å². The molecule has 6 heteroatoms. The van der Waals surface area contributed by atoms with Crippen molar-refractivity contribution in [2.24, 2.45) is 0 Å². The van der Waals surface area contributed by atoms with Gasteiger partial charge in [-0.1, -0.05) is 12.1 Å². The van der Waals surface area contributed by atoms with Crippen LogP contribution in [0.25, 0.3) is 11.3 Å². The molecule has 138 valence electrons. The van der Waals surface area contributed by atoms with Crippen LogP contribution in [0, 0.1) is 5.82 Å². The van der Waals surface area contributed by atoms with Crippen molar-refractivity contribution in [2.75, 3.05) is 18.4 Å². The summed E-state index contributed by atoms with van der Waals surface area (Å²) in [6, 6.07) is 12.8. The van der Waals surface area contributed by atoms with E-state index < -0.39 is 0 Å². The molecular formula is C21H22FN5. The summed E-state index contributed by atoms with van der Waals surface area (Å²) in [4.78, 5) is 15.5. The molecule has 27 heavy (non-hydrogen) atoms. The molecule has 0 spiro atoms. The fraction of sp³-hybridized carbons (Fsp3) is 0.286. The molecule has 1 aromatic carbocycles. The quantitative estimate of drug-likeness (QED) is 0.748. The van der Waals surface area contributed by atoms with E-state index in [1.54, 1.807) is 18.6 Å². The Kier molecular flexibility index (Phi) is 5.34. The Bertz CT molecular complexity index is 869. The summed E-state index contributed by atoms with van der Waals surface area (Å²) < 4.78 is 13.1. The highest BCUT2D eigenvalue weighted by Crippen LogP contribution is 2.19. The second-order valence-corrected chi connectivity index (χ2v) is 6.85. The molecule has 0 amide bonds. The maximum atomic E-state index is 13.1. The standard InChI is InChI=1S/C21H22FN5/c22-18-7-5-16(6-8-18)14-27-12-2-4-19(15-27)25-21-24-11-9-20(26-21)17-3-1-10-23-13-17/h1,3,5-11,13,19H,2,4,12,14-15H2,(H,24,25,26). The number of rotatable bonds is 5. The molecule has 0 saturated carbocycles. The van der Waals surface area contributed by atoms with Crippen LogP contribution < -0.4 is 5.32 Å². The highest BCUT2D eigenvalue weighted by atomic mass is 19.1. The van der Waals surface area contributed by atoms with E-state index in [-0.39, 0.29) is 5.82 Å². The van der Waals surface area contributed by atoms with Gasteiger partial charge in [0.15, 0.2) is 0 Å². The lowest BCUT2D eigenvalue weighted by atomic mass is 10.0. The first-order valence-corrected chi connectivity index (χ1v) is 9.23. The van der Waals surface area contributed by atoms with Gasteiger partial charge in [-0.2, -0.15) is 0 Å². The zero-order chi connectivity index (χ0) is 18.5. The van der Waals surface area contributed by atoms with E-state index in [4.69, 9.17) is 0 Å². The molecule has 5 nitrogen and oxygen atoms in total. The third kappa shape index (κ3) is 4.65. The minimum atomic E-state index is -0.192. The first kappa shape index (κ1) is 17.5. The van der Waals surface area contributed by atoms with E-state index in [1.165, 1.54) is 12.1 Å². The van der Waals surface area contributed by atoms with Crippen molar-refractivity contribution in [1.82, 2.24) is 19.9 Å². The van der Waals surface area contributed by atoms with Crippen LogP contribution in [0.1, 0.15) is 18.4 Å². The largest absolute Gasteiger partial charge is 0.350 e. The van der Waals surface area contributed by atoms with Gasteiger partial charge in [-0.3, -0.25) is 9.88 Å². The van der Waals surface area contributed by atoms with Gasteiger partial charge in [-0.05, 0) is 55.3 Å². The number of nitrogens with zero attached hydrogens (tertiary/aromatic N) is 4. The fourth-order valence-electron chi connectivity index (χ4n) is 3.45. The zero-order valence-electron chi connectivity index (χ0n) is 15.1. The van der Waals surface area contributed by atoms with Gasteiger partial charge in [0.2, 0.25) is 5.95 Å². The molecular weight excluding hydrogens is 341 g/mol. The second-order valence-electron chi connectivity index (χ2n) is 6.85. The summed E-state index contributed by atoms with van der Waals surface area (Å²) in [5, 5.41) is 3.47. The highest BCUT2D eigenvalue weighted by Gasteiger charge is 2.20. The van der Waals surface area contributed by atoms with Gasteiger partial charge in [0.1, 0.15) is 5.82 Å². The molecule has 3 aromatic rings. The summed E-state index contributed by atoms with van der Waals surface area (Å²) in [7, 11) is 0. The Morgan fingerprint density at radius 2 is 2.00 bits per heavy atom. The highest BCUT2D eigenvalue weighted by molar-refractivity contribution is 5.58. The maximum absolute atomic E-state index is 13.1. The fourth-order valence-corrected chi connectivity index (χ4v) is 3.45. The van der Waals surface area contributed by atoms with E-state index in [0.29, 0.717) is 12.0 Å². The number of hydrogen-bond acceptors (Lipinski definition) is 5. The predicted molar refractivity (Wildman–Crippen MR) is 104 cm³/mol. The van der Waals surface area contributed by atoms with E-state index in [0.717, 1.165) is 49.3 Å². The van der Waals surface area contributed by atoms with E-state index in [1.807, 2.05) is 30.3 Å². The van der Waals surface area contributed by atoms with Crippen molar-refractivity contribution in [3.63, 3.8) is 0 Å². The number of hydrogen-bond donors (Lipinski definition) is 1. The Morgan fingerprint density at radius 3 is 2.81 bits per heavy atom. The van der Waals surface area contributed by atoms with Gasteiger partial charge in [0.05, 0.1) is 5.69 Å². The SMILES string of the molecule is Fc1ccc(CN2CCCC(Nc3nccc(-c4cccnc4)n3)C2)cc1. The summed E-state index contributed by atoms with van der Waals surface area (Å²) >= 11 is 0. The van der Waals surface area contributed by atoms with E-state index in [9.17, 15) is 4.39 Å². The molecule has 1 atom stereocenters. The molecule has 2 aromatic heterocycles. The lowest BCUT2D eigenvalue weighted by Gasteiger charge is -2.33. The minimum absolute atomic E-state index is 0.192. The molecule has 0 aliphatic carbocycles. The van der Waals surface area contributed by atoms with Crippen molar-refractivity contribution in [1.29, 1.82) is 0 Å². The number of benzene rings is 1. The number of halogens is 1. The van der Waals surface area contributed by atoms with Gasteiger partial charge in [0.25, 0.3) is 0 Å². The monoisotopic (exact) mass is 363 g/mol. The van der Waals surface area contributed by atoms with Gasteiger partial charge in [0, 0.05) is 43.3 Å². The Hall–Kier alpha value is -2.86. The second kappa shape index (κ2) is 8.22. The average Bonchev–Trinajstić information content (AvgIpc) is 2.71. The Labute approximate surface area is 158 Å². The van der Waals surface area contributed by atoms with Crippen LogP contribution in [-0.4, -0.2) is 39.0 Å². The van der Waals surface area contributed by atoms with Crippen LogP contribution in [0.15, 0.2) is 61.1 Å². The van der Waals surface area contributed by atoms with Gasteiger partial charge in [-0.15, -0.1) is 0 Å².